The van der Waals surface area contributed by atoms with Gasteiger partial charge in [-0.05, 0) is 19.1 Å². The second-order valence-electron chi connectivity index (χ2n) is 4.24. The highest BCUT2D eigenvalue weighted by Crippen LogP contribution is 2.11. The van der Waals surface area contributed by atoms with Gasteiger partial charge in [-0.15, -0.1) is 0 Å². The maximum Gasteiger partial charge on any atom is 0.337 e. The third-order valence-corrected chi connectivity index (χ3v) is 2.94. The molecule has 1 saturated heterocycles. The number of rotatable bonds is 3. The second-order valence-corrected chi connectivity index (χ2v) is 4.24. The van der Waals surface area contributed by atoms with E-state index in [9.17, 15) is 4.79 Å². The fourth-order valence-corrected chi connectivity index (χ4v) is 1.85. The zero-order valence-electron chi connectivity index (χ0n) is 9.80. The van der Waals surface area contributed by atoms with E-state index in [2.05, 4.69) is 16.8 Å². The van der Waals surface area contributed by atoms with Gasteiger partial charge in [-0.2, -0.15) is 0 Å². The van der Waals surface area contributed by atoms with Crippen LogP contribution >= 0.6 is 0 Å². The summed E-state index contributed by atoms with van der Waals surface area (Å²) in [4.78, 5) is 17.1. The van der Waals surface area contributed by atoms with Crippen LogP contribution in [0.1, 0.15) is 23.0 Å². The monoisotopic (exact) mass is 236 g/mol. The zero-order chi connectivity index (χ0) is 12.3. The van der Waals surface area contributed by atoms with Crippen LogP contribution in [0.4, 0.5) is 0 Å². The number of ether oxygens (including phenoxy) is 1. The molecule has 17 heavy (non-hydrogen) atoms. The molecule has 0 aromatic carbocycles. The van der Waals surface area contributed by atoms with Crippen LogP contribution in [-0.2, 0) is 11.3 Å². The van der Waals surface area contributed by atoms with E-state index in [1.54, 1.807) is 12.1 Å². The topological polar surface area (TPSA) is 62.7 Å². The lowest BCUT2D eigenvalue weighted by Gasteiger charge is -2.32. The Kier molecular flexibility index (Phi) is 3.71. The van der Waals surface area contributed by atoms with Crippen molar-refractivity contribution >= 4 is 5.97 Å². The van der Waals surface area contributed by atoms with E-state index in [1.165, 1.54) is 6.20 Å². The Morgan fingerprint density at radius 3 is 3.06 bits per heavy atom. The Bertz CT molecular complexity index is 391. The largest absolute Gasteiger partial charge is 0.478 e. The lowest BCUT2D eigenvalue weighted by atomic mass is 10.2. The van der Waals surface area contributed by atoms with E-state index in [0.717, 1.165) is 32.0 Å². The van der Waals surface area contributed by atoms with Crippen LogP contribution in [0, 0.1) is 0 Å². The smallest absolute Gasteiger partial charge is 0.337 e. The number of aromatic nitrogens is 1. The SMILES string of the molecule is CC1COCCN1Cc1ccc(C(=O)O)cn1. The fourth-order valence-electron chi connectivity index (χ4n) is 1.85. The van der Waals surface area contributed by atoms with Gasteiger partial charge in [0.25, 0.3) is 0 Å². The van der Waals surface area contributed by atoms with Gasteiger partial charge >= 0.3 is 5.97 Å². The van der Waals surface area contributed by atoms with Gasteiger partial charge in [0, 0.05) is 25.3 Å². The predicted octanol–water partition coefficient (Wildman–Crippen LogP) is 1.00. The van der Waals surface area contributed by atoms with Crippen LogP contribution < -0.4 is 0 Å². The van der Waals surface area contributed by atoms with Crippen LogP contribution in [0.15, 0.2) is 18.3 Å². The lowest BCUT2D eigenvalue weighted by molar-refractivity contribution is -0.00490. The molecule has 1 N–H and O–H groups in total. The second kappa shape index (κ2) is 5.25. The number of hydrogen-bond donors (Lipinski definition) is 1. The normalized spacial score (nSPS) is 21.4. The van der Waals surface area contributed by atoms with Gasteiger partial charge in [0.1, 0.15) is 0 Å². The Morgan fingerprint density at radius 2 is 2.47 bits per heavy atom. The molecule has 1 aliphatic heterocycles. The summed E-state index contributed by atoms with van der Waals surface area (Å²) >= 11 is 0. The van der Waals surface area contributed by atoms with Crippen molar-refractivity contribution < 1.29 is 14.6 Å². The van der Waals surface area contributed by atoms with E-state index >= 15 is 0 Å². The maximum absolute atomic E-state index is 10.7. The van der Waals surface area contributed by atoms with Crippen molar-refractivity contribution in [2.24, 2.45) is 0 Å². The number of morpholine rings is 1. The molecule has 1 aromatic rings. The predicted molar refractivity (Wildman–Crippen MR) is 61.9 cm³/mol. The molecule has 0 aliphatic carbocycles. The van der Waals surface area contributed by atoms with Gasteiger partial charge in [0.05, 0.1) is 24.5 Å². The first-order chi connectivity index (χ1) is 8.16. The molecule has 0 radical (unpaired) electrons. The molecule has 1 unspecified atom stereocenters. The first-order valence-corrected chi connectivity index (χ1v) is 5.67. The van der Waals surface area contributed by atoms with Gasteiger partial charge in [-0.3, -0.25) is 9.88 Å². The number of nitrogens with zero attached hydrogens (tertiary/aromatic N) is 2. The first kappa shape index (κ1) is 12.0. The average molecular weight is 236 g/mol. The number of aromatic carboxylic acids is 1. The molecule has 1 fully saturated rings. The van der Waals surface area contributed by atoms with Crippen molar-refractivity contribution in [3.05, 3.63) is 29.6 Å². The molecule has 5 nitrogen and oxygen atoms in total. The Labute approximate surface area is 100 Å². The molecule has 2 heterocycles. The van der Waals surface area contributed by atoms with Crippen molar-refractivity contribution in [1.82, 2.24) is 9.88 Å². The van der Waals surface area contributed by atoms with E-state index < -0.39 is 5.97 Å². The van der Waals surface area contributed by atoms with E-state index in [-0.39, 0.29) is 5.56 Å². The third kappa shape index (κ3) is 3.01. The molecule has 5 heteroatoms. The minimum absolute atomic E-state index is 0.226. The summed E-state index contributed by atoms with van der Waals surface area (Å²) in [7, 11) is 0. The summed E-state index contributed by atoms with van der Waals surface area (Å²) in [5, 5.41) is 8.77. The molecule has 0 saturated carbocycles. The van der Waals surface area contributed by atoms with Crippen molar-refractivity contribution in [3.63, 3.8) is 0 Å². The van der Waals surface area contributed by atoms with Gasteiger partial charge < -0.3 is 9.84 Å². The van der Waals surface area contributed by atoms with Gasteiger partial charge in [0.15, 0.2) is 0 Å². The van der Waals surface area contributed by atoms with Crippen molar-refractivity contribution in [1.29, 1.82) is 0 Å². The van der Waals surface area contributed by atoms with Crippen molar-refractivity contribution in [3.8, 4) is 0 Å². The number of carboxylic acid groups (broad SMARTS) is 1. The van der Waals surface area contributed by atoms with Gasteiger partial charge in [0.2, 0.25) is 0 Å². The minimum atomic E-state index is -0.941. The minimum Gasteiger partial charge on any atom is -0.478 e. The Balaban J connectivity index is 2.00. The quantitative estimate of drug-likeness (QED) is 0.848. The highest BCUT2D eigenvalue weighted by Gasteiger charge is 2.19. The lowest BCUT2D eigenvalue weighted by Crippen LogP contribution is -2.43. The molecule has 1 atom stereocenters. The molecular weight excluding hydrogens is 220 g/mol. The van der Waals surface area contributed by atoms with Gasteiger partial charge in [-0.1, -0.05) is 0 Å². The van der Waals surface area contributed by atoms with Crippen LogP contribution in [0.5, 0.6) is 0 Å². The zero-order valence-corrected chi connectivity index (χ0v) is 9.80. The van der Waals surface area contributed by atoms with Gasteiger partial charge in [-0.25, -0.2) is 4.79 Å². The van der Waals surface area contributed by atoms with E-state index in [4.69, 9.17) is 9.84 Å². The summed E-state index contributed by atoms with van der Waals surface area (Å²) in [6.07, 6.45) is 1.41. The number of pyridine rings is 1. The number of carboxylic acids is 1. The summed E-state index contributed by atoms with van der Waals surface area (Å²) in [6, 6.07) is 3.74. The summed E-state index contributed by atoms with van der Waals surface area (Å²) in [6.45, 7) is 5.24. The fraction of sp³-hybridized carbons (Fsp3) is 0.500. The molecular formula is C12H16N2O3. The maximum atomic E-state index is 10.7. The van der Waals surface area contributed by atoms with Crippen molar-refractivity contribution in [2.75, 3.05) is 19.8 Å². The van der Waals surface area contributed by atoms with Crippen LogP contribution in [0.25, 0.3) is 0 Å². The third-order valence-electron chi connectivity index (χ3n) is 2.94. The Morgan fingerprint density at radius 1 is 1.65 bits per heavy atom. The molecule has 92 valence electrons. The molecule has 2 rings (SSSR count). The van der Waals surface area contributed by atoms with E-state index in [1.807, 2.05) is 0 Å². The highest BCUT2D eigenvalue weighted by atomic mass is 16.5. The number of carbonyl (C=O) groups is 1. The average Bonchev–Trinajstić information content (AvgIpc) is 2.33. The highest BCUT2D eigenvalue weighted by molar-refractivity contribution is 5.87. The molecule has 0 bridgehead atoms. The van der Waals surface area contributed by atoms with Crippen LogP contribution in [0.3, 0.4) is 0 Å². The summed E-state index contributed by atoms with van der Waals surface area (Å²) < 4.78 is 5.36. The van der Waals surface area contributed by atoms with Crippen molar-refractivity contribution in [2.45, 2.75) is 19.5 Å². The summed E-state index contributed by atoms with van der Waals surface area (Å²) in [5.41, 5.74) is 1.12. The first-order valence-electron chi connectivity index (χ1n) is 5.67. The van der Waals surface area contributed by atoms with Crippen LogP contribution in [0.2, 0.25) is 0 Å². The number of hydrogen-bond acceptors (Lipinski definition) is 4. The molecule has 1 aromatic heterocycles. The Hall–Kier alpha value is -1.46. The molecule has 0 spiro atoms. The van der Waals surface area contributed by atoms with E-state index in [0.29, 0.717) is 6.04 Å². The molecule has 1 aliphatic rings. The standard InChI is InChI=1S/C12H16N2O3/c1-9-8-17-5-4-14(9)7-11-3-2-10(6-13-11)12(15)16/h2-3,6,9H,4-5,7-8H2,1H3,(H,15,16). The summed E-state index contributed by atoms with van der Waals surface area (Å²) in [5.74, 6) is -0.941. The van der Waals surface area contributed by atoms with Crippen LogP contribution in [-0.4, -0.2) is 46.8 Å². The molecule has 0 amide bonds.